The van der Waals surface area contributed by atoms with Crippen LogP contribution in [-0.2, 0) is 11.2 Å². The van der Waals surface area contributed by atoms with Gasteiger partial charge in [0.1, 0.15) is 0 Å². The van der Waals surface area contributed by atoms with E-state index in [2.05, 4.69) is 22.4 Å². The maximum absolute atomic E-state index is 11.7. The number of aromatic nitrogens is 2. The summed E-state index contributed by atoms with van der Waals surface area (Å²) in [4.78, 5) is 11.7. The number of hydrogen-bond donors (Lipinski definition) is 1. The summed E-state index contributed by atoms with van der Waals surface area (Å²) >= 11 is 1.22. The maximum Gasteiger partial charge on any atom is 0.277 e. The Morgan fingerprint density at radius 2 is 2.05 bits per heavy atom. The van der Waals surface area contributed by atoms with E-state index in [1.54, 1.807) is 6.92 Å². The Bertz CT molecular complexity index is 551. The number of hydrogen-bond acceptors (Lipinski definition) is 5. The van der Waals surface area contributed by atoms with Gasteiger partial charge in [-0.05, 0) is 24.1 Å². The third kappa shape index (κ3) is 4.10. The first-order chi connectivity index (χ1) is 9.17. The fourth-order valence-corrected chi connectivity index (χ4v) is 2.09. The van der Waals surface area contributed by atoms with Crippen LogP contribution in [0.5, 0.6) is 0 Å². The van der Waals surface area contributed by atoms with Crippen LogP contribution in [-0.4, -0.2) is 21.9 Å². The van der Waals surface area contributed by atoms with Gasteiger partial charge in [-0.2, -0.15) is 0 Å². The molecule has 1 aromatic heterocycles. The van der Waals surface area contributed by atoms with E-state index >= 15 is 0 Å². The fraction of sp³-hybridized carbons (Fsp3) is 0.308. The Balaban J connectivity index is 1.83. The molecule has 0 radical (unpaired) electrons. The highest BCUT2D eigenvalue weighted by molar-refractivity contribution is 7.99. The summed E-state index contributed by atoms with van der Waals surface area (Å²) in [6.07, 6.45) is 0.987. The highest BCUT2D eigenvalue weighted by Gasteiger charge is 2.08. The molecule has 0 bridgehead atoms. The lowest BCUT2D eigenvalue weighted by Crippen LogP contribution is -2.13. The van der Waals surface area contributed by atoms with Crippen molar-refractivity contribution in [2.24, 2.45) is 0 Å². The molecule has 1 aromatic carbocycles. The van der Waals surface area contributed by atoms with Crippen molar-refractivity contribution >= 4 is 23.4 Å². The molecule has 1 amide bonds. The first-order valence-electron chi connectivity index (χ1n) is 5.99. The van der Waals surface area contributed by atoms with Crippen LogP contribution < -0.4 is 5.32 Å². The van der Waals surface area contributed by atoms with Crippen molar-refractivity contribution in [3.63, 3.8) is 0 Å². The molecular formula is C13H15N3O2S. The first kappa shape index (κ1) is 13.6. The number of nitrogens with one attached hydrogen (secondary N) is 1. The number of anilines is 1. The highest BCUT2D eigenvalue weighted by atomic mass is 32.2. The number of nitrogens with zero attached hydrogens (tertiary/aromatic N) is 2. The molecule has 0 aliphatic carbocycles. The monoisotopic (exact) mass is 277 g/mol. The highest BCUT2D eigenvalue weighted by Crippen LogP contribution is 2.16. The lowest BCUT2D eigenvalue weighted by atomic mass is 10.1. The van der Waals surface area contributed by atoms with Gasteiger partial charge < -0.3 is 9.73 Å². The molecule has 0 fully saturated rings. The Morgan fingerprint density at radius 3 is 2.63 bits per heavy atom. The second-order valence-corrected chi connectivity index (χ2v) is 4.90. The van der Waals surface area contributed by atoms with Crippen LogP contribution in [0.3, 0.4) is 0 Å². The molecule has 0 atom stereocenters. The SMILES string of the molecule is CCc1ccc(NC(=O)CSc2nnc(C)o2)cc1. The Hall–Kier alpha value is -1.82. The van der Waals surface area contributed by atoms with E-state index in [0.29, 0.717) is 11.1 Å². The van der Waals surface area contributed by atoms with Gasteiger partial charge in [0.2, 0.25) is 11.8 Å². The van der Waals surface area contributed by atoms with Crippen LogP contribution in [0.4, 0.5) is 5.69 Å². The molecule has 0 spiro atoms. The summed E-state index contributed by atoms with van der Waals surface area (Å²) in [6, 6.07) is 7.81. The van der Waals surface area contributed by atoms with Crippen molar-refractivity contribution < 1.29 is 9.21 Å². The number of rotatable bonds is 5. The zero-order valence-electron chi connectivity index (χ0n) is 10.8. The normalized spacial score (nSPS) is 10.4. The zero-order valence-corrected chi connectivity index (χ0v) is 11.7. The van der Waals surface area contributed by atoms with Gasteiger partial charge in [-0.1, -0.05) is 30.8 Å². The Labute approximate surface area is 115 Å². The van der Waals surface area contributed by atoms with Crippen LogP contribution in [0.2, 0.25) is 0 Å². The van der Waals surface area contributed by atoms with Crippen molar-refractivity contribution in [2.75, 3.05) is 11.1 Å². The average Bonchev–Trinajstić information content (AvgIpc) is 2.83. The van der Waals surface area contributed by atoms with Crippen molar-refractivity contribution in [3.8, 4) is 0 Å². The predicted molar refractivity (Wildman–Crippen MR) is 74.2 cm³/mol. The number of carbonyl (C=O) groups is 1. The van der Waals surface area contributed by atoms with Gasteiger partial charge in [-0.15, -0.1) is 10.2 Å². The molecule has 0 aliphatic rings. The van der Waals surface area contributed by atoms with Crippen LogP contribution in [0.1, 0.15) is 18.4 Å². The third-order valence-electron chi connectivity index (χ3n) is 2.48. The summed E-state index contributed by atoms with van der Waals surface area (Å²) in [5.74, 6) is 0.653. The average molecular weight is 277 g/mol. The molecule has 100 valence electrons. The van der Waals surface area contributed by atoms with Gasteiger partial charge in [-0.25, -0.2) is 0 Å². The first-order valence-corrected chi connectivity index (χ1v) is 6.97. The molecule has 0 saturated heterocycles. The van der Waals surface area contributed by atoms with Crippen molar-refractivity contribution in [1.82, 2.24) is 10.2 Å². The Kier molecular flexibility index (Phi) is 4.57. The van der Waals surface area contributed by atoms with Gasteiger partial charge in [0.25, 0.3) is 5.22 Å². The number of benzene rings is 1. The number of aryl methyl sites for hydroxylation is 2. The lowest BCUT2D eigenvalue weighted by Gasteiger charge is -2.04. The van der Waals surface area contributed by atoms with E-state index in [4.69, 9.17) is 4.42 Å². The molecule has 5 nitrogen and oxygen atoms in total. The minimum absolute atomic E-state index is 0.0925. The molecule has 0 aliphatic heterocycles. The molecule has 0 unspecified atom stereocenters. The van der Waals surface area contributed by atoms with Gasteiger partial charge in [0, 0.05) is 12.6 Å². The molecular weight excluding hydrogens is 262 g/mol. The van der Waals surface area contributed by atoms with E-state index in [1.165, 1.54) is 17.3 Å². The van der Waals surface area contributed by atoms with Crippen LogP contribution in [0.15, 0.2) is 33.9 Å². The van der Waals surface area contributed by atoms with E-state index in [0.717, 1.165) is 12.1 Å². The number of carbonyl (C=O) groups excluding carboxylic acids is 1. The van der Waals surface area contributed by atoms with Gasteiger partial charge in [-0.3, -0.25) is 4.79 Å². The topological polar surface area (TPSA) is 68.0 Å². The van der Waals surface area contributed by atoms with Crippen LogP contribution in [0.25, 0.3) is 0 Å². The molecule has 19 heavy (non-hydrogen) atoms. The molecule has 6 heteroatoms. The van der Waals surface area contributed by atoms with Crippen LogP contribution in [0, 0.1) is 6.92 Å². The van der Waals surface area contributed by atoms with Gasteiger partial charge >= 0.3 is 0 Å². The molecule has 2 rings (SSSR count). The second kappa shape index (κ2) is 6.38. The molecule has 0 saturated carbocycles. The maximum atomic E-state index is 11.7. The van der Waals surface area contributed by atoms with Gasteiger partial charge in [0.15, 0.2) is 0 Å². The number of thioether (sulfide) groups is 1. The smallest absolute Gasteiger partial charge is 0.277 e. The molecule has 1 heterocycles. The minimum atomic E-state index is -0.0925. The van der Waals surface area contributed by atoms with E-state index in [9.17, 15) is 4.79 Å². The number of amides is 1. The Morgan fingerprint density at radius 1 is 1.32 bits per heavy atom. The lowest BCUT2D eigenvalue weighted by molar-refractivity contribution is -0.113. The minimum Gasteiger partial charge on any atom is -0.416 e. The third-order valence-corrected chi connectivity index (χ3v) is 3.30. The quantitative estimate of drug-likeness (QED) is 0.851. The van der Waals surface area contributed by atoms with E-state index in [-0.39, 0.29) is 11.7 Å². The standard InChI is InChI=1S/C13H15N3O2S/c1-3-10-4-6-11(7-5-10)14-12(17)8-19-13-16-15-9(2)18-13/h4-7H,3,8H2,1-2H3,(H,14,17). The summed E-state index contributed by atoms with van der Waals surface area (Å²) in [6.45, 7) is 3.81. The predicted octanol–water partition coefficient (Wildman–Crippen LogP) is 2.67. The van der Waals surface area contributed by atoms with Crippen molar-refractivity contribution in [3.05, 3.63) is 35.7 Å². The van der Waals surface area contributed by atoms with Crippen molar-refractivity contribution in [1.29, 1.82) is 0 Å². The van der Waals surface area contributed by atoms with Crippen molar-refractivity contribution in [2.45, 2.75) is 25.5 Å². The summed E-state index contributed by atoms with van der Waals surface area (Å²) in [5.41, 5.74) is 2.04. The zero-order chi connectivity index (χ0) is 13.7. The van der Waals surface area contributed by atoms with Gasteiger partial charge in [0.05, 0.1) is 5.75 Å². The van der Waals surface area contributed by atoms with E-state index < -0.39 is 0 Å². The largest absolute Gasteiger partial charge is 0.416 e. The summed E-state index contributed by atoms with van der Waals surface area (Å²) in [5, 5.41) is 10.7. The molecule has 1 N–H and O–H groups in total. The summed E-state index contributed by atoms with van der Waals surface area (Å²) in [7, 11) is 0. The van der Waals surface area contributed by atoms with E-state index in [1.807, 2.05) is 24.3 Å². The summed E-state index contributed by atoms with van der Waals surface area (Å²) < 4.78 is 5.18. The fourth-order valence-electron chi connectivity index (χ4n) is 1.48. The van der Waals surface area contributed by atoms with Crippen LogP contribution >= 0.6 is 11.8 Å². The molecule has 2 aromatic rings. The second-order valence-electron chi connectivity index (χ2n) is 3.97.